The molecule has 0 aliphatic heterocycles. The van der Waals surface area contributed by atoms with Gasteiger partial charge in [-0.25, -0.2) is 9.18 Å². The highest BCUT2D eigenvalue weighted by Gasteiger charge is 2.15. The molecule has 1 aromatic carbocycles. The van der Waals surface area contributed by atoms with Gasteiger partial charge in [-0.3, -0.25) is 4.90 Å². The van der Waals surface area contributed by atoms with Gasteiger partial charge in [-0.05, 0) is 43.5 Å². The Morgan fingerprint density at radius 1 is 1.33 bits per heavy atom. The van der Waals surface area contributed by atoms with Crippen molar-refractivity contribution in [3.63, 3.8) is 0 Å². The molecule has 5 heteroatoms. The first-order chi connectivity index (χ1) is 9.97. The van der Waals surface area contributed by atoms with Gasteiger partial charge in [0, 0.05) is 29.6 Å². The van der Waals surface area contributed by atoms with Crippen molar-refractivity contribution in [3.05, 3.63) is 57.5 Å². The summed E-state index contributed by atoms with van der Waals surface area (Å²) in [5.74, 6) is -1.40. The predicted molar refractivity (Wildman–Crippen MR) is 82.1 cm³/mol. The van der Waals surface area contributed by atoms with Crippen molar-refractivity contribution in [3.8, 4) is 0 Å². The van der Waals surface area contributed by atoms with Crippen LogP contribution in [0.2, 0.25) is 0 Å². The molecule has 3 nitrogen and oxygen atoms in total. The Morgan fingerprint density at radius 2 is 2.10 bits per heavy atom. The van der Waals surface area contributed by atoms with Crippen LogP contribution in [0.1, 0.15) is 34.6 Å². The van der Waals surface area contributed by atoms with Crippen molar-refractivity contribution >= 4 is 17.3 Å². The minimum Gasteiger partial charge on any atom is -0.478 e. The monoisotopic (exact) mass is 307 g/mol. The molecule has 2 aromatic rings. The van der Waals surface area contributed by atoms with E-state index < -0.39 is 5.97 Å². The maximum atomic E-state index is 13.9. The van der Waals surface area contributed by atoms with E-state index >= 15 is 0 Å². The Bertz CT molecular complexity index is 611. The molecule has 2 rings (SSSR count). The van der Waals surface area contributed by atoms with Crippen LogP contribution >= 0.6 is 11.3 Å². The molecule has 0 aliphatic carbocycles. The predicted octanol–water partition coefficient (Wildman–Crippen LogP) is 4.00. The number of hydrogen-bond donors (Lipinski definition) is 1. The van der Waals surface area contributed by atoms with Gasteiger partial charge in [-0.15, -0.1) is 11.3 Å². The highest BCUT2D eigenvalue weighted by atomic mass is 32.1. The molecule has 1 aromatic heterocycles. The van der Waals surface area contributed by atoms with E-state index in [1.54, 1.807) is 11.3 Å². The Hall–Kier alpha value is -1.72. The van der Waals surface area contributed by atoms with Crippen molar-refractivity contribution in [1.29, 1.82) is 0 Å². The molecular weight excluding hydrogens is 289 g/mol. The molecule has 0 spiro atoms. The fraction of sp³-hybridized carbons (Fsp3) is 0.312. The number of carbonyl (C=O) groups is 1. The van der Waals surface area contributed by atoms with Crippen LogP contribution in [0.4, 0.5) is 4.39 Å². The summed E-state index contributed by atoms with van der Waals surface area (Å²) >= 11 is 1.66. The first-order valence-electron chi connectivity index (χ1n) is 6.75. The van der Waals surface area contributed by atoms with Crippen LogP contribution in [0.5, 0.6) is 0 Å². The van der Waals surface area contributed by atoms with E-state index in [-0.39, 0.29) is 17.4 Å². The van der Waals surface area contributed by atoms with Crippen LogP contribution < -0.4 is 0 Å². The van der Waals surface area contributed by atoms with Gasteiger partial charge in [0.1, 0.15) is 5.82 Å². The second kappa shape index (κ2) is 6.83. The number of benzene rings is 1. The standard InChI is InChI=1S/C16H18FNO2S/c1-11(2)18(10-14-4-3-7-21-14)9-13-8-12(16(19)20)5-6-15(13)17/h3-8,11H,9-10H2,1-2H3,(H,19,20). The number of hydrogen-bond acceptors (Lipinski definition) is 3. The smallest absolute Gasteiger partial charge is 0.335 e. The highest BCUT2D eigenvalue weighted by Crippen LogP contribution is 2.19. The van der Waals surface area contributed by atoms with Crippen LogP contribution in [0.25, 0.3) is 0 Å². The number of aromatic carboxylic acids is 1. The summed E-state index contributed by atoms with van der Waals surface area (Å²) in [6.45, 7) is 5.22. The van der Waals surface area contributed by atoms with E-state index in [4.69, 9.17) is 5.11 Å². The number of nitrogens with zero attached hydrogens (tertiary/aromatic N) is 1. The summed E-state index contributed by atoms with van der Waals surface area (Å²) in [6, 6.07) is 8.21. The third-order valence-electron chi connectivity index (χ3n) is 3.34. The van der Waals surface area contributed by atoms with Crippen LogP contribution in [0, 0.1) is 5.82 Å². The Labute approximate surface area is 127 Å². The van der Waals surface area contributed by atoms with Gasteiger partial charge in [0.15, 0.2) is 0 Å². The number of carboxylic acids is 1. The molecule has 0 bridgehead atoms. The minimum atomic E-state index is -1.04. The summed E-state index contributed by atoms with van der Waals surface area (Å²) in [5.41, 5.74) is 0.534. The summed E-state index contributed by atoms with van der Waals surface area (Å²) in [6.07, 6.45) is 0. The molecule has 0 unspecified atom stereocenters. The number of thiophene rings is 1. The Balaban J connectivity index is 2.20. The molecule has 1 heterocycles. The fourth-order valence-electron chi connectivity index (χ4n) is 2.07. The van der Waals surface area contributed by atoms with E-state index in [1.165, 1.54) is 23.1 Å². The van der Waals surface area contributed by atoms with E-state index in [0.717, 1.165) is 6.54 Å². The lowest BCUT2D eigenvalue weighted by atomic mass is 10.1. The largest absolute Gasteiger partial charge is 0.478 e. The van der Waals surface area contributed by atoms with Crippen LogP contribution in [0.15, 0.2) is 35.7 Å². The molecular formula is C16H18FNO2S. The first-order valence-corrected chi connectivity index (χ1v) is 7.63. The zero-order valence-electron chi connectivity index (χ0n) is 12.0. The van der Waals surface area contributed by atoms with E-state index in [1.807, 2.05) is 31.4 Å². The first kappa shape index (κ1) is 15.7. The van der Waals surface area contributed by atoms with Gasteiger partial charge in [-0.2, -0.15) is 0 Å². The van der Waals surface area contributed by atoms with Gasteiger partial charge in [0.05, 0.1) is 5.56 Å². The normalized spacial score (nSPS) is 11.3. The van der Waals surface area contributed by atoms with Gasteiger partial charge < -0.3 is 5.11 Å². The maximum Gasteiger partial charge on any atom is 0.335 e. The molecule has 1 N–H and O–H groups in total. The molecule has 0 saturated carbocycles. The number of carboxylic acid groups (broad SMARTS) is 1. The average Bonchev–Trinajstić information content (AvgIpc) is 2.92. The van der Waals surface area contributed by atoms with Crippen molar-refractivity contribution in [1.82, 2.24) is 4.90 Å². The summed E-state index contributed by atoms with van der Waals surface area (Å²) in [7, 11) is 0. The van der Waals surface area contributed by atoms with Crippen LogP contribution in [0.3, 0.4) is 0 Å². The molecule has 0 amide bonds. The molecule has 0 aliphatic rings. The Kier molecular flexibility index (Phi) is 5.09. The number of halogens is 1. The van der Waals surface area contributed by atoms with Crippen LogP contribution in [-0.2, 0) is 13.1 Å². The number of rotatable bonds is 6. The van der Waals surface area contributed by atoms with Crippen LogP contribution in [-0.4, -0.2) is 22.0 Å². The molecule has 0 radical (unpaired) electrons. The highest BCUT2D eigenvalue weighted by molar-refractivity contribution is 7.09. The summed E-state index contributed by atoms with van der Waals surface area (Å²) < 4.78 is 13.9. The van der Waals surface area contributed by atoms with Crippen molar-refractivity contribution in [2.24, 2.45) is 0 Å². The van der Waals surface area contributed by atoms with Gasteiger partial charge in [0.2, 0.25) is 0 Å². The third kappa shape index (κ3) is 4.12. The zero-order valence-corrected chi connectivity index (χ0v) is 12.9. The van der Waals surface area contributed by atoms with E-state index in [9.17, 15) is 9.18 Å². The molecule has 0 atom stereocenters. The lowest BCUT2D eigenvalue weighted by Gasteiger charge is -2.26. The fourth-order valence-corrected chi connectivity index (χ4v) is 2.80. The van der Waals surface area contributed by atoms with Gasteiger partial charge in [0.25, 0.3) is 0 Å². The van der Waals surface area contributed by atoms with Gasteiger partial charge >= 0.3 is 5.97 Å². The maximum absolute atomic E-state index is 13.9. The lowest BCUT2D eigenvalue weighted by molar-refractivity contribution is 0.0696. The SMILES string of the molecule is CC(C)N(Cc1cccs1)Cc1cc(C(=O)O)ccc1F. The Morgan fingerprint density at radius 3 is 2.67 bits per heavy atom. The average molecular weight is 307 g/mol. The molecule has 112 valence electrons. The summed E-state index contributed by atoms with van der Waals surface area (Å²) in [5, 5.41) is 11.0. The molecule has 0 fully saturated rings. The third-order valence-corrected chi connectivity index (χ3v) is 4.20. The zero-order chi connectivity index (χ0) is 15.4. The molecule has 21 heavy (non-hydrogen) atoms. The summed E-state index contributed by atoms with van der Waals surface area (Å²) in [4.78, 5) is 14.3. The van der Waals surface area contributed by atoms with E-state index in [2.05, 4.69) is 4.90 Å². The van der Waals surface area contributed by atoms with Crippen molar-refractivity contribution in [2.45, 2.75) is 33.0 Å². The minimum absolute atomic E-state index is 0.117. The van der Waals surface area contributed by atoms with E-state index in [0.29, 0.717) is 12.1 Å². The van der Waals surface area contributed by atoms with Gasteiger partial charge in [-0.1, -0.05) is 6.07 Å². The van der Waals surface area contributed by atoms with Crippen molar-refractivity contribution in [2.75, 3.05) is 0 Å². The second-order valence-corrected chi connectivity index (χ2v) is 6.22. The van der Waals surface area contributed by atoms with Crippen molar-refractivity contribution < 1.29 is 14.3 Å². The second-order valence-electron chi connectivity index (χ2n) is 5.19. The quantitative estimate of drug-likeness (QED) is 0.877. The topological polar surface area (TPSA) is 40.5 Å². The lowest BCUT2D eigenvalue weighted by Crippen LogP contribution is -2.30. The molecule has 0 saturated heterocycles.